The molecule has 1 fully saturated rings. The minimum atomic E-state index is 0.698. The first kappa shape index (κ1) is 7.80. The van der Waals surface area contributed by atoms with Crippen molar-refractivity contribution in [2.75, 3.05) is 0 Å². The summed E-state index contributed by atoms with van der Waals surface area (Å²) >= 11 is 0. The molecule has 2 heteroatoms. The summed E-state index contributed by atoms with van der Waals surface area (Å²) in [5.41, 5.74) is 3.62. The maximum absolute atomic E-state index is 4.01. The number of nitrogens with one attached hydrogen (secondary N) is 1. The molecule has 0 atom stereocenters. The minimum absolute atomic E-state index is 0.698. The maximum atomic E-state index is 4.01. The second kappa shape index (κ2) is 2.98. The van der Waals surface area contributed by atoms with Crippen molar-refractivity contribution in [1.29, 1.82) is 0 Å². The number of hydrogen-bond donors (Lipinski definition) is 1. The molecular formula is C12H11N2. The fourth-order valence-electron chi connectivity index (χ4n) is 1.75. The van der Waals surface area contributed by atoms with Crippen LogP contribution in [0, 0.1) is 6.20 Å². The Morgan fingerprint density at radius 2 is 2.00 bits per heavy atom. The summed E-state index contributed by atoms with van der Waals surface area (Å²) in [6.07, 6.45) is 5.61. The third kappa shape index (κ3) is 1.23. The average Bonchev–Trinajstić information content (AvgIpc) is 2.98. The van der Waals surface area contributed by atoms with Gasteiger partial charge in [-0.05, 0) is 18.4 Å². The van der Waals surface area contributed by atoms with E-state index in [1.807, 2.05) is 18.2 Å². The monoisotopic (exact) mass is 183 g/mol. The number of rotatable bonds is 2. The second-order valence-corrected chi connectivity index (χ2v) is 3.76. The van der Waals surface area contributed by atoms with Crippen molar-refractivity contribution in [2.24, 2.45) is 0 Å². The van der Waals surface area contributed by atoms with Crippen LogP contribution in [0.5, 0.6) is 0 Å². The lowest BCUT2D eigenvalue weighted by atomic mass is 10.0. The molecule has 0 amide bonds. The summed E-state index contributed by atoms with van der Waals surface area (Å²) in [6, 6.07) is 10.3. The first-order chi connectivity index (χ1) is 6.95. The van der Waals surface area contributed by atoms with E-state index in [2.05, 4.69) is 28.5 Å². The fourth-order valence-corrected chi connectivity index (χ4v) is 1.75. The van der Waals surface area contributed by atoms with Crippen LogP contribution in [-0.2, 0) is 0 Å². The van der Waals surface area contributed by atoms with Gasteiger partial charge in [0.1, 0.15) is 6.20 Å². The van der Waals surface area contributed by atoms with Gasteiger partial charge in [-0.1, -0.05) is 30.3 Å². The number of H-pyrrole nitrogens is 1. The third-order valence-electron chi connectivity index (χ3n) is 2.66. The Hall–Kier alpha value is -1.57. The van der Waals surface area contributed by atoms with E-state index in [9.17, 15) is 0 Å². The van der Waals surface area contributed by atoms with Crippen molar-refractivity contribution in [3.05, 3.63) is 42.2 Å². The molecule has 0 unspecified atom stereocenters. The molecule has 1 aromatic carbocycles. The fraction of sp³-hybridized carbons (Fsp3) is 0.250. The van der Waals surface area contributed by atoms with Gasteiger partial charge < -0.3 is 0 Å². The highest BCUT2D eigenvalue weighted by atomic mass is 15.1. The normalized spacial score (nSPS) is 15.7. The lowest BCUT2D eigenvalue weighted by Crippen LogP contribution is -1.83. The Bertz CT molecular complexity index is 427. The lowest BCUT2D eigenvalue weighted by Gasteiger charge is -1.99. The van der Waals surface area contributed by atoms with Crippen molar-refractivity contribution < 1.29 is 0 Å². The van der Waals surface area contributed by atoms with Gasteiger partial charge in [0.25, 0.3) is 0 Å². The smallest absolute Gasteiger partial charge is 0.121 e. The van der Waals surface area contributed by atoms with Crippen molar-refractivity contribution >= 4 is 0 Å². The first-order valence-electron chi connectivity index (χ1n) is 4.96. The Morgan fingerprint density at radius 3 is 2.71 bits per heavy atom. The van der Waals surface area contributed by atoms with Crippen LogP contribution >= 0.6 is 0 Å². The van der Waals surface area contributed by atoms with Crippen molar-refractivity contribution in [1.82, 2.24) is 10.2 Å². The zero-order chi connectivity index (χ0) is 9.38. The van der Waals surface area contributed by atoms with Gasteiger partial charge in [0, 0.05) is 17.2 Å². The Labute approximate surface area is 83.0 Å². The van der Waals surface area contributed by atoms with Crippen molar-refractivity contribution in [3.63, 3.8) is 0 Å². The molecule has 0 saturated heterocycles. The Kier molecular flexibility index (Phi) is 1.66. The van der Waals surface area contributed by atoms with Gasteiger partial charge in [-0.3, -0.25) is 5.10 Å². The summed E-state index contributed by atoms with van der Waals surface area (Å²) in [5, 5.41) is 7.07. The van der Waals surface area contributed by atoms with E-state index in [1.165, 1.54) is 24.1 Å². The van der Waals surface area contributed by atoms with E-state index in [-0.39, 0.29) is 0 Å². The zero-order valence-electron chi connectivity index (χ0n) is 7.83. The van der Waals surface area contributed by atoms with Crippen LogP contribution in [0.15, 0.2) is 30.3 Å². The van der Waals surface area contributed by atoms with E-state index in [0.717, 1.165) is 5.56 Å². The molecule has 3 rings (SSSR count). The molecule has 0 bridgehead atoms. The Balaban J connectivity index is 2.07. The summed E-state index contributed by atoms with van der Waals surface area (Å²) in [4.78, 5) is 0. The van der Waals surface area contributed by atoms with Crippen molar-refractivity contribution in [3.8, 4) is 11.1 Å². The number of aromatic amines is 1. The number of nitrogens with zero attached hydrogens (tertiary/aromatic N) is 1. The highest BCUT2D eigenvalue weighted by molar-refractivity contribution is 5.65. The number of benzene rings is 1. The van der Waals surface area contributed by atoms with Crippen LogP contribution in [0.25, 0.3) is 11.1 Å². The molecule has 1 aliphatic carbocycles. The molecule has 2 aromatic rings. The van der Waals surface area contributed by atoms with Gasteiger partial charge in [-0.25, -0.2) is 0 Å². The van der Waals surface area contributed by atoms with Crippen LogP contribution in [0.2, 0.25) is 0 Å². The predicted octanol–water partition coefficient (Wildman–Crippen LogP) is 2.75. The SMILES string of the molecule is [c]1n[nH]c(C2CC2)c1-c1ccccc1. The molecule has 1 aliphatic rings. The largest absolute Gasteiger partial charge is 0.281 e. The zero-order valence-corrected chi connectivity index (χ0v) is 7.83. The van der Waals surface area contributed by atoms with Crippen LogP contribution < -0.4 is 0 Å². The van der Waals surface area contributed by atoms with Gasteiger partial charge in [-0.15, -0.1) is 0 Å². The highest BCUT2D eigenvalue weighted by Gasteiger charge is 2.28. The van der Waals surface area contributed by atoms with E-state index in [1.54, 1.807) is 0 Å². The van der Waals surface area contributed by atoms with Gasteiger partial charge >= 0.3 is 0 Å². The summed E-state index contributed by atoms with van der Waals surface area (Å²) in [6.45, 7) is 0. The topological polar surface area (TPSA) is 28.7 Å². The molecule has 1 saturated carbocycles. The van der Waals surface area contributed by atoms with Crippen LogP contribution in [0.3, 0.4) is 0 Å². The van der Waals surface area contributed by atoms with Crippen LogP contribution in [0.1, 0.15) is 24.5 Å². The molecule has 0 aliphatic heterocycles. The molecule has 1 heterocycles. The highest BCUT2D eigenvalue weighted by Crippen LogP contribution is 2.42. The molecule has 69 valence electrons. The van der Waals surface area contributed by atoms with E-state index < -0.39 is 0 Å². The first-order valence-corrected chi connectivity index (χ1v) is 4.96. The van der Waals surface area contributed by atoms with E-state index in [0.29, 0.717) is 5.92 Å². The molecule has 1 radical (unpaired) electrons. The molecule has 2 nitrogen and oxygen atoms in total. The van der Waals surface area contributed by atoms with Crippen molar-refractivity contribution in [2.45, 2.75) is 18.8 Å². The van der Waals surface area contributed by atoms with E-state index >= 15 is 0 Å². The standard InChI is InChI=1S/C12H11N2/c1-2-4-9(5-3-1)11-8-13-14-12(11)10-6-7-10/h1-5,10H,6-7H2,(H,13,14). The maximum Gasteiger partial charge on any atom is 0.121 e. The minimum Gasteiger partial charge on any atom is -0.281 e. The van der Waals surface area contributed by atoms with Crippen LogP contribution in [-0.4, -0.2) is 10.2 Å². The molecule has 1 N–H and O–H groups in total. The molecule has 1 aromatic heterocycles. The van der Waals surface area contributed by atoms with Gasteiger partial charge in [0.15, 0.2) is 0 Å². The summed E-state index contributed by atoms with van der Waals surface area (Å²) in [7, 11) is 0. The van der Waals surface area contributed by atoms with Crippen LogP contribution in [0.4, 0.5) is 0 Å². The molecule has 14 heavy (non-hydrogen) atoms. The van der Waals surface area contributed by atoms with Gasteiger partial charge in [0.2, 0.25) is 0 Å². The van der Waals surface area contributed by atoms with E-state index in [4.69, 9.17) is 0 Å². The summed E-state index contributed by atoms with van der Waals surface area (Å²) in [5.74, 6) is 0.698. The average molecular weight is 183 g/mol. The Morgan fingerprint density at radius 1 is 1.21 bits per heavy atom. The summed E-state index contributed by atoms with van der Waals surface area (Å²) < 4.78 is 0. The third-order valence-corrected chi connectivity index (χ3v) is 2.66. The quantitative estimate of drug-likeness (QED) is 0.762. The molecular weight excluding hydrogens is 172 g/mol. The number of hydrogen-bond acceptors (Lipinski definition) is 1. The molecule has 0 spiro atoms. The van der Waals surface area contributed by atoms with Gasteiger partial charge in [0.05, 0.1) is 0 Å². The van der Waals surface area contributed by atoms with Gasteiger partial charge in [-0.2, -0.15) is 5.10 Å². The number of aromatic nitrogens is 2. The predicted molar refractivity (Wildman–Crippen MR) is 54.8 cm³/mol. The lowest BCUT2D eigenvalue weighted by molar-refractivity contribution is 0.964. The second-order valence-electron chi connectivity index (χ2n) is 3.76.